The van der Waals surface area contributed by atoms with Crippen LogP contribution in [0.3, 0.4) is 0 Å². The minimum atomic E-state index is -0.144. The molecule has 4 rings (SSSR count). The van der Waals surface area contributed by atoms with E-state index in [4.69, 9.17) is 4.74 Å². The second kappa shape index (κ2) is 7.98. The van der Waals surface area contributed by atoms with Crippen molar-refractivity contribution in [2.24, 2.45) is 0 Å². The molecule has 0 unspecified atom stereocenters. The highest BCUT2D eigenvalue weighted by molar-refractivity contribution is 5.55. The van der Waals surface area contributed by atoms with Crippen LogP contribution in [0.1, 0.15) is 24.5 Å². The summed E-state index contributed by atoms with van der Waals surface area (Å²) in [6.45, 7) is 4.58. The van der Waals surface area contributed by atoms with Crippen molar-refractivity contribution >= 4 is 5.69 Å². The summed E-state index contributed by atoms with van der Waals surface area (Å²) < 4.78 is 5.34. The third-order valence-corrected chi connectivity index (χ3v) is 5.30. The van der Waals surface area contributed by atoms with E-state index in [9.17, 15) is 4.79 Å². The van der Waals surface area contributed by atoms with Crippen LogP contribution < -0.4 is 10.9 Å². The average molecular weight is 375 g/mol. The molecule has 2 aromatic carbocycles. The molecule has 0 spiro atoms. The Bertz CT molecular complexity index is 977. The van der Waals surface area contributed by atoms with Crippen molar-refractivity contribution in [2.45, 2.75) is 25.2 Å². The largest absolute Gasteiger partial charge is 0.379 e. The van der Waals surface area contributed by atoms with Crippen molar-refractivity contribution in [1.82, 2.24) is 9.97 Å². The Balaban J connectivity index is 1.29. The maximum atomic E-state index is 12.3. The molecule has 3 aromatic rings. The van der Waals surface area contributed by atoms with E-state index in [1.165, 1.54) is 11.1 Å². The van der Waals surface area contributed by atoms with Gasteiger partial charge in [0.15, 0.2) is 0 Å². The summed E-state index contributed by atoms with van der Waals surface area (Å²) in [7, 11) is 0. The molecular formula is C23H25N3O2. The number of H-pyrrole nitrogens is 1. The summed E-state index contributed by atoms with van der Waals surface area (Å²) in [5.41, 5.74) is 4.09. The number of nitrogens with one attached hydrogen (secondary N) is 2. The van der Waals surface area contributed by atoms with Gasteiger partial charge in [-0.3, -0.25) is 4.79 Å². The zero-order chi connectivity index (χ0) is 19.4. The lowest BCUT2D eigenvalue weighted by molar-refractivity contribution is -0.0500. The smallest absolute Gasteiger partial charge is 0.274 e. The third kappa shape index (κ3) is 3.99. The first-order chi connectivity index (χ1) is 13.6. The normalized spacial score (nSPS) is 15.0. The van der Waals surface area contributed by atoms with E-state index in [1.807, 2.05) is 30.3 Å². The number of nitrogens with zero attached hydrogens (tertiary/aromatic N) is 1. The monoisotopic (exact) mass is 375 g/mol. The van der Waals surface area contributed by atoms with Gasteiger partial charge in [-0.05, 0) is 24.0 Å². The highest BCUT2D eigenvalue weighted by Crippen LogP contribution is 2.31. The molecule has 144 valence electrons. The minimum absolute atomic E-state index is 0.144. The van der Waals surface area contributed by atoms with E-state index >= 15 is 0 Å². The van der Waals surface area contributed by atoms with Crippen molar-refractivity contribution in [3.63, 3.8) is 0 Å². The molecule has 1 aromatic heterocycles. The van der Waals surface area contributed by atoms with Crippen LogP contribution in [0.2, 0.25) is 0 Å². The number of benzene rings is 2. The van der Waals surface area contributed by atoms with Gasteiger partial charge in [-0.15, -0.1) is 0 Å². The standard InChI is InChI=1S/C23H25N3O2/c1-23(15-28-16-23)19-11-9-17(10-12-19)6-5-13-24-20-14-25-21(26-22(20)27)18-7-3-2-4-8-18/h2-4,7-12,14,24H,5-6,13,15-16H2,1H3,(H,25,26,27). The number of aromatic amines is 1. The second-order valence-electron chi connectivity index (χ2n) is 7.62. The van der Waals surface area contributed by atoms with Crippen LogP contribution >= 0.6 is 0 Å². The predicted molar refractivity (Wildman–Crippen MR) is 112 cm³/mol. The highest BCUT2D eigenvalue weighted by Gasteiger charge is 2.34. The lowest BCUT2D eigenvalue weighted by Crippen LogP contribution is -2.43. The molecule has 0 radical (unpaired) electrons. The molecule has 0 atom stereocenters. The summed E-state index contributed by atoms with van der Waals surface area (Å²) in [5.74, 6) is 0.585. The first kappa shape index (κ1) is 18.4. The van der Waals surface area contributed by atoms with Crippen LogP contribution in [0.4, 0.5) is 5.69 Å². The Morgan fingerprint density at radius 2 is 1.86 bits per heavy atom. The topological polar surface area (TPSA) is 67.0 Å². The van der Waals surface area contributed by atoms with E-state index < -0.39 is 0 Å². The van der Waals surface area contributed by atoms with Crippen molar-refractivity contribution < 1.29 is 4.74 Å². The first-order valence-corrected chi connectivity index (χ1v) is 9.70. The van der Waals surface area contributed by atoms with Gasteiger partial charge in [0.05, 0.1) is 19.4 Å². The Morgan fingerprint density at radius 3 is 2.50 bits per heavy atom. The molecule has 5 nitrogen and oxygen atoms in total. The van der Waals surface area contributed by atoms with Gasteiger partial charge in [-0.2, -0.15) is 0 Å². The van der Waals surface area contributed by atoms with Gasteiger partial charge in [-0.1, -0.05) is 61.5 Å². The molecule has 2 heterocycles. The quantitative estimate of drug-likeness (QED) is 0.617. The van der Waals surface area contributed by atoms with Gasteiger partial charge in [0.25, 0.3) is 5.56 Å². The molecule has 0 aliphatic carbocycles. The number of hydrogen-bond acceptors (Lipinski definition) is 4. The molecule has 0 saturated carbocycles. The zero-order valence-electron chi connectivity index (χ0n) is 16.1. The van der Waals surface area contributed by atoms with Crippen molar-refractivity contribution in [2.75, 3.05) is 25.1 Å². The highest BCUT2D eigenvalue weighted by atomic mass is 16.5. The van der Waals surface area contributed by atoms with Crippen LogP contribution in [-0.4, -0.2) is 29.7 Å². The molecule has 0 bridgehead atoms. The molecule has 1 saturated heterocycles. The van der Waals surface area contributed by atoms with Crippen LogP contribution in [0.25, 0.3) is 11.4 Å². The predicted octanol–water partition coefficient (Wildman–Crippen LogP) is 3.77. The molecule has 1 fully saturated rings. The SMILES string of the molecule is CC1(c2ccc(CCCNc3cnc(-c4ccccc4)[nH]c3=O)cc2)COC1. The number of ether oxygens (including phenoxy) is 1. The van der Waals surface area contributed by atoms with Crippen LogP contribution in [0.5, 0.6) is 0 Å². The second-order valence-corrected chi connectivity index (χ2v) is 7.62. The number of aromatic nitrogens is 2. The fourth-order valence-electron chi connectivity index (χ4n) is 3.43. The average Bonchev–Trinajstić information content (AvgIpc) is 2.71. The first-order valence-electron chi connectivity index (χ1n) is 9.70. The Kier molecular flexibility index (Phi) is 5.26. The van der Waals surface area contributed by atoms with Gasteiger partial charge >= 0.3 is 0 Å². The van der Waals surface area contributed by atoms with E-state index in [-0.39, 0.29) is 11.0 Å². The van der Waals surface area contributed by atoms with Crippen molar-refractivity contribution in [3.05, 3.63) is 82.3 Å². The molecule has 1 aliphatic heterocycles. The lowest BCUT2D eigenvalue weighted by Gasteiger charge is -2.38. The fraction of sp³-hybridized carbons (Fsp3) is 0.304. The molecule has 1 aliphatic rings. The molecule has 0 amide bonds. The summed E-state index contributed by atoms with van der Waals surface area (Å²) in [4.78, 5) is 19.5. The van der Waals surface area contributed by atoms with Gasteiger partial charge < -0.3 is 15.0 Å². The summed E-state index contributed by atoms with van der Waals surface area (Å²) in [5, 5.41) is 3.19. The van der Waals surface area contributed by atoms with E-state index in [0.717, 1.165) is 38.2 Å². The molecule has 5 heteroatoms. The van der Waals surface area contributed by atoms with E-state index in [2.05, 4.69) is 46.5 Å². The van der Waals surface area contributed by atoms with Gasteiger partial charge in [-0.25, -0.2) is 4.98 Å². The Labute approximate surface area is 164 Å². The third-order valence-electron chi connectivity index (χ3n) is 5.30. The van der Waals surface area contributed by atoms with Crippen LogP contribution in [0.15, 0.2) is 65.6 Å². The number of rotatable bonds is 7. The number of aryl methyl sites for hydroxylation is 1. The fourth-order valence-corrected chi connectivity index (χ4v) is 3.43. The van der Waals surface area contributed by atoms with E-state index in [0.29, 0.717) is 11.5 Å². The zero-order valence-corrected chi connectivity index (χ0v) is 16.1. The van der Waals surface area contributed by atoms with Gasteiger partial charge in [0, 0.05) is 17.5 Å². The van der Waals surface area contributed by atoms with Gasteiger partial charge in [0.1, 0.15) is 11.5 Å². The van der Waals surface area contributed by atoms with Crippen molar-refractivity contribution in [3.8, 4) is 11.4 Å². The van der Waals surface area contributed by atoms with Crippen LogP contribution in [-0.2, 0) is 16.6 Å². The molecule has 2 N–H and O–H groups in total. The van der Waals surface area contributed by atoms with E-state index in [1.54, 1.807) is 6.20 Å². The summed E-state index contributed by atoms with van der Waals surface area (Å²) in [6, 6.07) is 18.5. The Morgan fingerprint density at radius 1 is 1.11 bits per heavy atom. The van der Waals surface area contributed by atoms with Crippen molar-refractivity contribution in [1.29, 1.82) is 0 Å². The maximum absolute atomic E-state index is 12.3. The van der Waals surface area contributed by atoms with Crippen LogP contribution in [0, 0.1) is 0 Å². The van der Waals surface area contributed by atoms with Gasteiger partial charge in [0.2, 0.25) is 0 Å². The summed E-state index contributed by atoms with van der Waals surface area (Å²) >= 11 is 0. The Hall–Kier alpha value is -2.92. The maximum Gasteiger partial charge on any atom is 0.274 e. The summed E-state index contributed by atoms with van der Waals surface area (Å²) in [6.07, 6.45) is 3.52. The minimum Gasteiger partial charge on any atom is -0.379 e. The number of anilines is 1. The molecule has 28 heavy (non-hydrogen) atoms. The number of hydrogen-bond donors (Lipinski definition) is 2. The lowest BCUT2D eigenvalue weighted by atomic mass is 9.80. The molecular weight excluding hydrogens is 350 g/mol.